The Balaban J connectivity index is 3.30. The Kier molecular flexibility index (Phi) is 10.1. The quantitative estimate of drug-likeness (QED) is 0.504. The molecule has 0 saturated heterocycles. The molecule has 0 heteroatoms. The van der Waals surface area contributed by atoms with Gasteiger partial charge in [0, 0.05) is 0 Å². The minimum absolute atomic E-state index is 0.976. The molecule has 0 rings (SSSR count). The van der Waals surface area contributed by atoms with Crippen LogP contribution < -0.4 is 0 Å². The topological polar surface area (TPSA) is 0 Å². The lowest BCUT2D eigenvalue weighted by Crippen LogP contribution is -1.62. The first-order valence-corrected chi connectivity index (χ1v) is 4.97. The minimum Gasteiger partial charge on any atom is -0.103 e. The van der Waals surface area contributed by atoms with Gasteiger partial charge in [-0.1, -0.05) is 49.5 Å². The van der Waals surface area contributed by atoms with Gasteiger partial charge in [0.1, 0.15) is 0 Å². The molecule has 0 bridgehead atoms. The average Bonchev–Trinajstić information content (AvgIpc) is 2.16. The third-order valence-electron chi connectivity index (χ3n) is 1.58. The third kappa shape index (κ3) is 11.0. The first-order chi connectivity index (χ1) is 6.41. The molecule has 0 aromatic heterocycles. The molecule has 0 heterocycles. The van der Waals surface area contributed by atoms with Crippen molar-refractivity contribution in [1.29, 1.82) is 0 Å². The molecule has 0 fully saturated rings. The highest BCUT2D eigenvalue weighted by molar-refractivity contribution is 4.98. The fourth-order valence-electron chi connectivity index (χ4n) is 0.901. The number of rotatable bonds is 7. The van der Waals surface area contributed by atoms with E-state index in [4.69, 9.17) is 0 Å². The SMILES string of the molecule is C=CC/C=C\C/C=C\C/C=C\CC. The van der Waals surface area contributed by atoms with Gasteiger partial charge in [-0.2, -0.15) is 0 Å². The monoisotopic (exact) mass is 176 g/mol. The van der Waals surface area contributed by atoms with E-state index in [0.717, 1.165) is 25.7 Å². The summed E-state index contributed by atoms with van der Waals surface area (Å²) in [4.78, 5) is 0. The molecule has 13 heavy (non-hydrogen) atoms. The molecule has 0 saturated carbocycles. The summed E-state index contributed by atoms with van der Waals surface area (Å²) in [7, 11) is 0. The average molecular weight is 176 g/mol. The Hall–Kier alpha value is -1.04. The van der Waals surface area contributed by atoms with Crippen molar-refractivity contribution in [2.24, 2.45) is 0 Å². The molecule has 0 aliphatic rings. The molecule has 0 spiro atoms. The summed E-state index contributed by atoms with van der Waals surface area (Å²) in [5.41, 5.74) is 0. The van der Waals surface area contributed by atoms with Crippen molar-refractivity contribution in [3.8, 4) is 0 Å². The molecule has 0 aliphatic carbocycles. The lowest BCUT2D eigenvalue weighted by molar-refractivity contribution is 1.19. The maximum Gasteiger partial charge on any atom is -0.0169 e. The van der Waals surface area contributed by atoms with Gasteiger partial charge in [-0.3, -0.25) is 0 Å². The highest BCUT2D eigenvalue weighted by Crippen LogP contribution is 1.93. The van der Waals surface area contributed by atoms with Crippen molar-refractivity contribution in [1.82, 2.24) is 0 Å². The molecule has 0 aromatic rings. The van der Waals surface area contributed by atoms with E-state index in [0.29, 0.717) is 0 Å². The van der Waals surface area contributed by atoms with Crippen LogP contribution in [0.4, 0.5) is 0 Å². The van der Waals surface area contributed by atoms with Crippen LogP contribution in [0.15, 0.2) is 49.1 Å². The summed E-state index contributed by atoms with van der Waals surface area (Å²) in [6, 6.07) is 0. The predicted molar refractivity (Wildman–Crippen MR) is 61.8 cm³/mol. The molecule has 0 unspecified atom stereocenters. The predicted octanol–water partition coefficient (Wildman–Crippen LogP) is 4.42. The van der Waals surface area contributed by atoms with E-state index < -0.39 is 0 Å². The molecule has 0 aliphatic heterocycles. The van der Waals surface area contributed by atoms with Crippen molar-refractivity contribution >= 4 is 0 Å². The van der Waals surface area contributed by atoms with Crippen LogP contribution >= 0.6 is 0 Å². The van der Waals surface area contributed by atoms with Gasteiger partial charge in [0.05, 0.1) is 0 Å². The first-order valence-electron chi connectivity index (χ1n) is 4.97. The van der Waals surface area contributed by atoms with Gasteiger partial charge in [-0.15, -0.1) is 6.58 Å². The van der Waals surface area contributed by atoms with Crippen molar-refractivity contribution in [3.05, 3.63) is 49.1 Å². The second-order valence-corrected chi connectivity index (χ2v) is 2.82. The number of allylic oxidation sites excluding steroid dienone is 7. The molecule has 0 amide bonds. The molecule has 72 valence electrons. The summed E-state index contributed by atoms with van der Waals surface area (Å²) in [5.74, 6) is 0. The summed E-state index contributed by atoms with van der Waals surface area (Å²) in [5, 5.41) is 0. The van der Waals surface area contributed by atoms with Gasteiger partial charge in [-0.25, -0.2) is 0 Å². The minimum atomic E-state index is 0.976. The second-order valence-electron chi connectivity index (χ2n) is 2.82. The van der Waals surface area contributed by atoms with Crippen molar-refractivity contribution in [3.63, 3.8) is 0 Å². The normalized spacial score (nSPS) is 12.1. The summed E-state index contributed by atoms with van der Waals surface area (Å²) in [6.45, 7) is 5.80. The zero-order chi connectivity index (χ0) is 9.78. The van der Waals surface area contributed by atoms with E-state index in [-0.39, 0.29) is 0 Å². The van der Waals surface area contributed by atoms with Crippen LogP contribution in [-0.2, 0) is 0 Å². The fourth-order valence-corrected chi connectivity index (χ4v) is 0.901. The standard InChI is InChI=1S/C13H20/c1-3-5-7-9-11-13-12-10-8-6-4-2/h3,6-9,12-13H,1,4-5,10-11H2,2H3/b8-6-,9-7-,13-12-. The lowest BCUT2D eigenvalue weighted by Gasteiger charge is -1.83. The Morgan fingerprint density at radius 3 is 1.69 bits per heavy atom. The lowest BCUT2D eigenvalue weighted by atomic mass is 10.2. The van der Waals surface area contributed by atoms with Gasteiger partial charge in [-0.05, 0) is 25.7 Å². The largest absolute Gasteiger partial charge is 0.103 e. The fraction of sp³-hybridized carbons (Fsp3) is 0.385. The van der Waals surface area contributed by atoms with Crippen LogP contribution in [0.3, 0.4) is 0 Å². The van der Waals surface area contributed by atoms with Crippen LogP contribution in [0.1, 0.15) is 32.6 Å². The van der Waals surface area contributed by atoms with Gasteiger partial charge in [0.2, 0.25) is 0 Å². The first kappa shape index (κ1) is 12.0. The molecule has 0 nitrogen and oxygen atoms in total. The molecule has 0 aromatic carbocycles. The summed E-state index contributed by atoms with van der Waals surface area (Å²) in [6.07, 6.45) is 19.2. The third-order valence-corrected chi connectivity index (χ3v) is 1.58. The Morgan fingerprint density at radius 2 is 1.23 bits per heavy atom. The summed E-state index contributed by atoms with van der Waals surface area (Å²) < 4.78 is 0. The maximum absolute atomic E-state index is 3.65. The zero-order valence-corrected chi connectivity index (χ0v) is 8.58. The second kappa shape index (κ2) is 11.0. The summed E-state index contributed by atoms with van der Waals surface area (Å²) >= 11 is 0. The van der Waals surface area contributed by atoms with Crippen LogP contribution in [0.2, 0.25) is 0 Å². The molecular formula is C13H20. The number of hydrogen-bond acceptors (Lipinski definition) is 0. The van der Waals surface area contributed by atoms with Crippen molar-refractivity contribution in [2.75, 3.05) is 0 Å². The van der Waals surface area contributed by atoms with Gasteiger partial charge in [0.15, 0.2) is 0 Å². The van der Waals surface area contributed by atoms with E-state index in [1.807, 2.05) is 6.08 Å². The van der Waals surface area contributed by atoms with Crippen molar-refractivity contribution < 1.29 is 0 Å². The van der Waals surface area contributed by atoms with E-state index in [1.54, 1.807) is 0 Å². The highest BCUT2D eigenvalue weighted by Gasteiger charge is 1.72. The molecule has 0 N–H and O–H groups in total. The van der Waals surface area contributed by atoms with Gasteiger partial charge < -0.3 is 0 Å². The Morgan fingerprint density at radius 1 is 0.769 bits per heavy atom. The Bertz CT molecular complexity index is 182. The van der Waals surface area contributed by atoms with Crippen LogP contribution in [0.5, 0.6) is 0 Å². The molecule has 0 radical (unpaired) electrons. The van der Waals surface area contributed by atoms with Crippen LogP contribution in [0, 0.1) is 0 Å². The number of hydrogen-bond donors (Lipinski definition) is 0. The van der Waals surface area contributed by atoms with E-state index in [9.17, 15) is 0 Å². The van der Waals surface area contributed by atoms with E-state index >= 15 is 0 Å². The molecule has 0 atom stereocenters. The highest BCUT2D eigenvalue weighted by atomic mass is 13.8. The molecular weight excluding hydrogens is 156 g/mol. The van der Waals surface area contributed by atoms with Crippen LogP contribution in [-0.4, -0.2) is 0 Å². The van der Waals surface area contributed by atoms with Crippen LogP contribution in [0.25, 0.3) is 0 Å². The smallest absolute Gasteiger partial charge is 0.0169 e. The van der Waals surface area contributed by atoms with Gasteiger partial charge >= 0.3 is 0 Å². The maximum atomic E-state index is 3.65. The van der Waals surface area contributed by atoms with Gasteiger partial charge in [0.25, 0.3) is 0 Å². The zero-order valence-electron chi connectivity index (χ0n) is 8.58. The van der Waals surface area contributed by atoms with Crippen molar-refractivity contribution in [2.45, 2.75) is 32.6 Å². The van der Waals surface area contributed by atoms with E-state index in [1.165, 1.54) is 0 Å². The van der Waals surface area contributed by atoms with E-state index in [2.05, 4.69) is 50.0 Å². The Labute approximate surface area is 82.4 Å².